The number of primary amides is 1. The molecule has 0 atom stereocenters. The molecule has 0 unspecified atom stereocenters. The summed E-state index contributed by atoms with van der Waals surface area (Å²) in [7, 11) is 0. The molecule has 4 N–H and O–H groups in total. The Morgan fingerprint density at radius 3 is 2.68 bits per heavy atom. The Labute approximate surface area is 143 Å². The number of piperidine rings is 1. The zero-order chi connectivity index (χ0) is 18.0. The van der Waals surface area contributed by atoms with Crippen LogP contribution in [-0.4, -0.2) is 57.7 Å². The number of aliphatic hydroxyl groups excluding tert-OH is 1. The van der Waals surface area contributed by atoms with Crippen molar-refractivity contribution in [1.29, 1.82) is 0 Å². The van der Waals surface area contributed by atoms with Crippen molar-refractivity contribution in [2.45, 2.75) is 18.9 Å². The zero-order valence-corrected chi connectivity index (χ0v) is 13.5. The summed E-state index contributed by atoms with van der Waals surface area (Å²) < 4.78 is 5.95. The highest BCUT2D eigenvalue weighted by atomic mass is 16.5. The number of nitrogens with two attached hydrogens (primary N) is 1. The van der Waals surface area contributed by atoms with E-state index in [1.807, 2.05) is 0 Å². The lowest BCUT2D eigenvalue weighted by atomic mass is 10.1. The molecule has 0 saturated carbocycles. The predicted molar refractivity (Wildman–Crippen MR) is 89.2 cm³/mol. The summed E-state index contributed by atoms with van der Waals surface area (Å²) in [5.74, 6) is -0.859. The summed E-state index contributed by atoms with van der Waals surface area (Å²) in [4.78, 5) is 28.6. The smallest absolute Gasteiger partial charge is 0.252 e. The van der Waals surface area contributed by atoms with Gasteiger partial charge in [-0.3, -0.25) is 9.59 Å². The first kappa shape index (κ1) is 17.0. The van der Waals surface area contributed by atoms with Gasteiger partial charge in [0.2, 0.25) is 11.8 Å². The van der Waals surface area contributed by atoms with Crippen LogP contribution in [0, 0.1) is 0 Å². The lowest BCUT2D eigenvalue weighted by Gasteiger charge is -2.31. The van der Waals surface area contributed by atoms with Crippen LogP contribution in [0.1, 0.15) is 23.2 Å². The van der Waals surface area contributed by atoms with E-state index in [1.54, 1.807) is 17.2 Å². The standard InChI is InChI=1S/C17H19N3O5/c18-16(24)13-7-10-1-4-19-17(12(10)8-14(13)22)25-11-2-5-20(6-3-11)15(23)9-21/h1,4,7-8,11,21-22H,2-3,5-6,9H2,(H2,18,24). The normalized spacial score (nSPS) is 15.3. The molecular formula is C17H19N3O5. The van der Waals surface area contributed by atoms with Gasteiger partial charge < -0.3 is 25.6 Å². The first-order valence-corrected chi connectivity index (χ1v) is 7.96. The maximum Gasteiger partial charge on any atom is 0.252 e. The first-order chi connectivity index (χ1) is 12.0. The SMILES string of the molecule is NC(=O)c1cc2ccnc(OC3CCN(C(=O)CO)CC3)c2cc1O. The Bertz CT molecular complexity index is 815. The van der Waals surface area contributed by atoms with Gasteiger partial charge >= 0.3 is 0 Å². The molecule has 1 aliphatic heterocycles. The molecular weight excluding hydrogens is 326 g/mol. The number of pyridine rings is 1. The zero-order valence-electron chi connectivity index (χ0n) is 13.5. The lowest BCUT2D eigenvalue weighted by molar-refractivity contribution is -0.135. The average molecular weight is 345 g/mol. The van der Waals surface area contributed by atoms with Crippen LogP contribution in [0.15, 0.2) is 24.4 Å². The predicted octanol–water partition coefficient (Wildman–Crippen LogP) is 0.401. The van der Waals surface area contributed by atoms with Crippen LogP contribution >= 0.6 is 0 Å². The molecule has 2 amide bonds. The third kappa shape index (κ3) is 3.48. The minimum atomic E-state index is -0.709. The van der Waals surface area contributed by atoms with Crippen LogP contribution in [-0.2, 0) is 4.79 Å². The van der Waals surface area contributed by atoms with E-state index in [2.05, 4.69) is 4.98 Å². The number of hydrogen-bond acceptors (Lipinski definition) is 6. The van der Waals surface area contributed by atoms with E-state index in [-0.39, 0.29) is 23.3 Å². The van der Waals surface area contributed by atoms with Crippen LogP contribution in [0.5, 0.6) is 11.6 Å². The number of likely N-dealkylation sites (tertiary alicyclic amines) is 1. The van der Waals surface area contributed by atoms with Gasteiger partial charge in [-0.15, -0.1) is 0 Å². The lowest BCUT2D eigenvalue weighted by Crippen LogP contribution is -2.43. The number of carbonyl (C=O) groups excluding carboxylic acids is 2. The third-order valence-electron chi connectivity index (χ3n) is 4.32. The van der Waals surface area contributed by atoms with Gasteiger partial charge in [-0.05, 0) is 23.6 Å². The van der Waals surface area contributed by atoms with Crippen molar-refractivity contribution in [1.82, 2.24) is 9.88 Å². The van der Waals surface area contributed by atoms with Crippen molar-refractivity contribution in [3.63, 3.8) is 0 Å². The molecule has 132 valence electrons. The van der Waals surface area contributed by atoms with Gasteiger partial charge in [0.1, 0.15) is 18.5 Å². The summed E-state index contributed by atoms with van der Waals surface area (Å²) in [6, 6.07) is 4.63. The molecule has 3 rings (SSSR count). The van der Waals surface area contributed by atoms with Crippen molar-refractivity contribution >= 4 is 22.6 Å². The van der Waals surface area contributed by atoms with Gasteiger partial charge in [-0.1, -0.05) is 0 Å². The molecule has 2 heterocycles. The molecule has 1 aliphatic rings. The van der Waals surface area contributed by atoms with Gasteiger partial charge in [-0.25, -0.2) is 4.98 Å². The molecule has 0 bridgehead atoms. The molecule has 8 nitrogen and oxygen atoms in total. The van der Waals surface area contributed by atoms with Gasteiger partial charge in [0.25, 0.3) is 5.91 Å². The highest BCUT2D eigenvalue weighted by molar-refractivity contribution is 6.01. The number of hydrogen-bond donors (Lipinski definition) is 3. The van der Waals surface area contributed by atoms with Gasteiger partial charge in [0.15, 0.2) is 0 Å². The number of ether oxygens (including phenoxy) is 1. The van der Waals surface area contributed by atoms with Crippen molar-refractivity contribution < 1.29 is 24.5 Å². The number of fused-ring (bicyclic) bond motifs is 1. The minimum Gasteiger partial charge on any atom is -0.507 e. The number of amides is 2. The number of carbonyl (C=O) groups is 2. The molecule has 25 heavy (non-hydrogen) atoms. The van der Waals surface area contributed by atoms with Crippen LogP contribution in [0.3, 0.4) is 0 Å². The summed E-state index contributed by atoms with van der Waals surface area (Å²) in [6.07, 6.45) is 2.67. The quantitative estimate of drug-likeness (QED) is 0.736. The third-order valence-corrected chi connectivity index (χ3v) is 4.32. The number of phenols is 1. The van der Waals surface area contributed by atoms with E-state index >= 15 is 0 Å². The average Bonchev–Trinajstić information content (AvgIpc) is 2.61. The summed E-state index contributed by atoms with van der Waals surface area (Å²) in [5.41, 5.74) is 5.29. The maximum absolute atomic E-state index is 11.5. The molecule has 1 aromatic heterocycles. The van der Waals surface area contributed by atoms with E-state index in [0.717, 1.165) is 0 Å². The second-order valence-electron chi connectivity index (χ2n) is 5.93. The summed E-state index contributed by atoms with van der Waals surface area (Å²) >= 11 is 0. The van der Waals surface area contributed by atoms with Gasteiger partial charge in [-0.2, -0.15) is 0 Å². The van der Waals surface area contributed by atoms with Gasteiger partial charge in [0, 0.05) is 37.5 Å². The minimum absolute atomic E-state index is 0.0421. The second kappa shape index (κ2) is 6.94. The first-order valence-electron chi connectivity index (χ1n) is 7.96. The van der Waals surface area contributed by atoms with Crippen molar-refractivity contribution in [2.24, 2.45) is 5.73 Å². The molecule has 1 aromatic carbocycles. The fourth-order valence-corrected chi connectivity index (χ4v) is 2.96. The highest BCUT2D eigenvalue weighted by Crippen LogP contribution is 2.31. The molecule has 1 fully saturated rings. The molecule has 0 spiro atoms. The Kier molecular flexibility index (Phi) is 4.71. The van der Waals surface area contributed by atoms with E-state index in [9.17, 15) is 14.7 Å². The van der Waals surface area contributed by atoms with Crippen LogP contribution in [0.4, 0.5) is 0 Å². The fourth-order valence-electron chi connectivity index (χ4n) is 2.96. The number of aromatic nitrogens is 1. The Morgan fingerprint density at radius 2 is 2.04 bits per heavy atom. The van der Waals surface area contributed by atoms with Crippen molar-refractivity contribution in [3.8, 4) is 11.6 Å². The number of aromatic hydroxyl groups is 1. The Balaban J connectivity index is 1.79. The Morgan fingerprint density at radius 1 is 1.32 bits per heavy atom. The molecule has 8 heteroatoms. The summed E-state index contributed by atoms with van der Waals surface area (Å²) in [6.45, 7) is 0.523. The van der Waals surface area contributed by atoms with Crippen LogP contribution < -0.4 is 10.5 Å². The fraction of sp³-hybridized carbons (Fsp3) is 0.353. The number of benzene rings is 1. The van der Waals surface area contributed by atoms with E-state index in [1.165, 1.54) is 12.1 Å². The molecule has 0 radical (unpaired) electrons. The summed E-state index contributed by atoms with van der Waals surface area (Å²) in [5, 5.41) is 20.2. The number of aliphatic hydroxyl groups is 1. The van der Waals surface area contributed by atoms with Crippen molar-refractivity contribution in [3.05, 3.63) is 30.0 Å². The number of rotatable bonds is 4. The van der Waals surface area contributed by atoms with E-state index in [4.69, 9.17) is 15.6 Å². The molecule has 1 saturated heterocycles. The maximum atomic E-state index is 11.5. The van der Waals surface area contributed by atoms with Crippen LogP contribution in [0.2, 0.25) is 0 Å². The van der Waals surface area contributed by atoms with Crippen molar-refractivity contribution in [2.75, 3.05) is 19.7 Å². The second-order valence-corrected chi connectivity index (χ2v) is 5.93. The Hall–Kier alpha value is -2.87. The monoisotopic (exact) mass is 345 g/mol. The molecule has 0 aliphatic carbocycles. The molecule has 2 aromatic rings. The van der Waals surface area contributed by atoms with E-state index < -0.39 is 12.5 Å². The highest BCUT2D eigenvalue weighted by Gasteiger charge is 2.24. The topological polar surface area (TPSA) is 126 Å². The number of nitrogens with zero attached hydrogens (tertiary/aromatic N) is 2. The van der Waals surface area contributed by atoms with Crippen LogP contribution in [0.25, 0.3) is 10.8 Å². The largest absolute Gasteiger partial charge is 0.507 e. The van der Waals surface area contributed by atoms with Gasteiger partial charge in [0.05, 0.1) is 5.56 Å². The van der Waals surface area contributed by atoms with E-state index in [0.29, 0.717) is 42.6 Å².